The van der Waals surface area contributed by atoms with Crippen LogP contribution in [0.3, 0.4) is 0 Å². The van der Waals surface area contributed by atoms with Crippen molar-refractivity contribution in [1.29, 1.82) is 0 Å². The van der Waals surface area contributed by atoms with E-state index in [1.165, 1.54) is 4.52 Å². The molecular formula is C18H25F3N6O3. The van der Waals surface area contributed by atoms with Gasteiger partial charge in [-0.2, -0.15) is 27.8 Å². The van der Waals surface area contributed by atoms with E-state index in [2.05, 4.69) is 20.4 Å². The Morgan fingerprint density at radius 2 is 2.07 bits per heavy atom. The molecule has 166 valence electrons. The third-order valence-electron chi connectivity index (χ3n) is 4.70. The molecule has 0 aliphatic carbocycles. The van der Waals surface area contributed by atoms with Crippen LogP contribution in [0.1, 0.15) is 39.3 Å². The van der Waals surface area contributed by atoms with Crippen molar-refractivity contribution in [3.05, 3.63) is 18.1 Å². The summed E-state index contributed by atoms with van der Waals surface area (Å²) in [5.41, 5.74) is -1.71. The van der Waals surface area contributed by atoms with Gasteiger partial charge in [0.1, 0.15) is 17.7 Å². The number of hydrogen-bond donors (Lipinski definition) is 1. The number of ether oxygens (including phenoxy) is 2. The summed E-state index contributed by atoms with van der Waals surface area (Å²) in [4.78, 5) is 21.2. The van der Waals surface area contributed by atoms with Crippen LogP contribution in [0.25, 0.3) is 5.78 Å². The van der Waals surface area contributed by atoms with Crippen molar-refractivity contribution in [1.82, 2.24) is 24.9 Å². The van der Waals surface area contributed by atoms with Crippen LogP contribution in [0.4, 0.5) is 23.8 Å². The fraction of sp³-hybridized carbons (Fsp3) is 0.667. The molecule has 30 heavy (non-hydrogen) atoms. The monoisotopic (exact) mass is 430 g/mol. The number of fused-ring (bicyclic) bond motifs is 1. The number of halogens is 3. The van der Waals surface area contributed by atoms with E-state index in [0.29, 0.717) is 19.4 Å². The highest BCUT2D eigenvalue weighted by Crippen LogP contribution is 2.33. The SMILES string of the molecule is CO[C@@H]1CCN(c2cc(C(F)(F)F)nc3ncnn23)[C@@H](CNC(=O)OC(C)(C)C)C1. The molecular weight excluding hydrogens is 405 g/mol. The molecule has 0 spiro atoms. The van der Waals surface area contributed by atoms with Crippen LogP contribution in [-0.2, 0) is 15.7 Å². The largest absolute Gasteiger partial charge is 0.444 e. The second-order valence-electron chi connectivity index (χ2n) is 8.08. The van der Waals surface area contributed by atoms with Crippen LogP contribution in [0.2, 0.25) is 0 Å². The van der Waals surface area contributed by atoms with Gasteiger partial charge in [0.15, 0.2) is 5.69 Å². The van der Waals surface area contributed by atoms with Crippen molar-refractivity contribution in [2.45, 2.75) is 57.5 Å². The molecule has 0 saturated carbocycles. The Bertz CT molecular complexity index is 895. The summed E-state index contributed by atoms with van der Waals surface area (Å²) in [6.45, 7) is 5.82. The molecule has 2 atom stereocenters. The molecule has 1 saturated heterocycles. The van der Waals surface area contributed by atoms with Gasteiger partial charge in [-0.25, -0.2) is 9.78 Å². The predicted octanol–water partition coefficient (Wildman–Crippen LogP) is 2.65. The first-order chi connectivity index (χ1) is 14.0. The molecule has 0 aromatic carbocycles. The quantitative estimate of drug-likeness (QED) is 0.797. The van der Waals surface area contributed by atoms with Crippen LogP contribution in [0, 0.1) is 0 Å². The summed E-state index contributed by atoms with van der Waals surface area (Å²) >= 11 is 0. The smallest absolute Gasteiger partial charge is 0.433 e. The van der Waals surface area contributed by atoms with Crippen LogP contribution >= 0.6 is 0 Å². The maximum Gasteiger partial charge on any atom is 0.433 e. The van der Waals surface area contributed by atoms with Crippen molar-refractivity contribution in [3.8, 4) is 0 Å². The van der Waals surface area contributed by atoms with Gasteiger partial charge >= 0.3 is 12.3 Å². The molecule has 3 heterocycles. The zero-order chi connectivity index (χ0) is 22.1. The second-order valence-corrected chi connectivity index (χ2v) is 8.08. The summed E-state index contributed by atoms with van der Waals surface area (Å²) < 4.78 is 52.1. The molecule has 1 fully saturated rings. The summed E-state index contributed by atoms with van der Waals surface area (Å²) in [6.07, 6.45) is -3.04. The number of hydrogen-bond acceptors (Lipinski definition) is 7. The van der Waals surface area contributed by atoms with E-state index in [1.54, 1.807) is 32.8 Å². The molecule has 2 aromatic rings. The third kappa shape index (κ3) is 5.10. The molecule has 12 heteroatoms. The highest BCUT2D eigenvalue weighted by atomic mass is 19.4. The average Bonchev–Trinajstić information content (AvgIpc) is 3.12. The van der Waals surface area contributed by atoms with Gasteiger partial charge in [0.05, 0.1) is 12.1 Å². The Morgan fingerprint density at radius 1 is 1.33 bits per heavy atom. The number of nitrogens with zero attached hydrogens (tertiary/aromatic N) is 5. The minimum Gasteiger partial charge on any atom is -0.444 e. The van der Waals surface area contributed by atoms with Crippen molar-refractivity contribution < 1.29 is 27.4 Å². The van der Waals surface area contributed by atoms with E-state index in [9.17, 15) is 18.0 Å². The highest BCUT2D eigenvalue weighted by Gasteiger charge is 2.37. The molecule has 0 bridgehead atoms. The lowest BCUT2D eigenvalue weighted by molar-refractivity contribution is -0.141. The zero-order valence-corrected chi connectivity index (χ0v) is 17.2. The lowest BCUT2D eigenvalue weighted by Gasteiger charge is -2.40. The first-order valence-corrected chi connectivity index (χ1v) is 9.52. The molecule has 3 rings (SSSR count). The van der Waals surface area contributed by atoms with E-state index < -0.39 is 23.6 Å². The Balaban J connectivity index is 1.90. The summed E-state index contributed by atoms with van der Waals surface area (Å²) in [7, 11) is 1.59. The van der Waals surface area contributed by atoms with Gasteiger partial charge in [-0.1, -0.05) is 0 Å². The van der Waals surface area contributed by atoms with Crippen LogP contribution in [-0.4, -0.2) is 63.6 Å². The summed E-state index contributed by atoms with van der Waals surface area (Å²) in [6, 6.07) is 0.613. The molecule has 1 amide bonds. The Hall–Kier alpha value is -2.63. The molecule has 9 nitrogen and oxygen atoms in total. The van der Waals surface area contributed by atoms with Gasteiger partial charge in [-0.3, -0.25) is 0 Å². The number of amides is 1. The van der Waals surface area contributed by atoms with E-state index in [1.807, 2.05) is 0 Å². The number of alkyl halides is 3. The average molecular weight is 430 g/mol. The number of aromatic nitrogens is 4. The molecule has 0 radical (unpaired) electrons. The minimum atomic E-state index is -4.63. The molecule has 0 unspecified atom stereocenters. The standard InChI is InChI=1S/C18H25F3N6O3/c1-17(2,3)30-16(28)22-9-11-7-12(29-4)5-6-26(11)14-8-13(18(19,20)21)25-15-23-10-24-27(14)15/h8,10-12H,5-7,9H2,1-4H3,(H,22,28)/t11-,12-/m1/s1. The first kappa shape index (κ1) is 22.1. The predicted molar refractivity (Wildman–Crippen MR) is 101 cm³/mol. The Kier molecular flexibility index (Phi) is 6.06. The lowest BCUT2D eigenvalue weighted by atomic mass is 9.99. The van der Waals surface area contributed by atoms with E-state index >= 15 is 0 Å². The highest BCUT2D eigenvalue weighted by molar-refractivity contribution is 5.67. The van der Waals surface area contributed by atoms with Gasteiger partial charge < -0.3 is 19.7 Å². The van der Waals surface area contributed by atoms with Gasteiger partial charge in [0, 0.05) is 26.3 Å². The molecule has 1 N–H and O–H groups in total. The molecule has 1 aliphatic rings. The van der Waals surface area contributed by atoms with Gasteiger partial charge in [0.25, 0.3) is 5.78 Å². The van der Waals surface area contributed by atoms with Gasteiger partial charge in [-0.15, -0.1) is 0 Å². The third-order valence-corrected chi connectivity index (χ3v) is 4.70. The maximum atomic E-state index is 13.4. The lowest BCUT2D eigenvalue weighted by Crippen LogP contribution is -2.51. The zero-order valence-electron chi connectivity index (χ0n) is 17.2. The number of alkyl carbamates (subject to hydrolysis) is 1. The fourth-order valence-electron chi connectivity index (χ4n) is 3.39. The number of carbonyl (C=O) groups excluding carboxylic acids is 1. The van der Waals surface area contributed by atoms with Crippen LogP contribution in [0.5, 0.6) is 0 Å². The Labute approximate surface area is 171 Å². The van der Waals surface area contributed by atoms with Crippen molar-refractivity contribution in [3.63, 3.8) is 0 Å². The number of rotatable bonds is 4. The maximum absolute atomic E-state index is 13.4. The summed E-state index contributed by atoms with van der Waals surface area (Å²) in [5, 5.41) is 6.72. The summed E-state index contributed by atoms with van der Waals surface area (Å²) in [5.74, 6) is 0.0582. The second kappa shape index (κ2) is 8.25. The van der Waals surface area contributed by atoms with Gasteiger partial charge in [0.2, 0.25) is 0 Å². The van der Waals surface area contributed by atoms with E-state index in [4.69, 9.17) is 9.47 Å². The van der Waals surface area contributed by atoms with Crippen molar-refractivity contribution >= 4 is 17.7 Å². The number of nitrogens with one attached hydrogen (secondary N) is 1. The first-order valence-electron chi connectivity index (χ1n) is 9.52. The van der Waals surface area contributed by atoms with E-state index in [-0.39, 0.29) is 30.3 Å². The topological polar surface area (TPSA) is 93.9 Å². The minimum absolute atomic E-state index is 0.0816. The van der Waals surface area contributed by atoms with Crippen molar-refractivity contribution in [2.75, 3.05) is 25.1 Å². The van der Waals surface area contributed by atoms with Gasteiger partial charge in [-0.05, 0) is 33.6 Å². The normalized spacial score (nSPS) is 20.4. The number of carbonyl (C=O) groups is 1. The van der Waals surface area contributed by atoms with Crippen molar-refractivity contribution in [2.24, 2.45) is 0 Å². The van der Waals surface area contributed by atoms with Crippen LogP contribution in [0.15, 0.2) is 12.4 Å². The molecule has 1 aliphatic heterocycles. The van der Waals surface area contributed by atoms with Crippen LogP contribution < -0.4 is 10.2 Å². The number of anilines is 1. The van der Waals surface area contributed by atoms with E-state index in [0.717, 1.165) is 12.4 Å². The molecule has 2 aromatic heterocycles. The number of methoxy groups -OCH3 is 1. The Morgan fingerprint density at radius 3 is 2.70 bits per heavy atom. The fourth-order valence-corrected chi connectivity index (χ4v) is 3.39. The number of piperidine rings is 1.